The highest BCUT2D eigenvalue weighted by molar-refractivity contribution is 6.06. The maximum atomic E-state index is 13.7. The maximum absolute atomic E-state index is 13.7. The zero-order valence-electron chi connectivity index (χ0n) is 9.43. The Hall–Kier alpha value is -3.18. The lowest BCUT2D eigenvalue weighted by Crippen LogP contribution is -2.31. The van der Waals surface area contributed by atoms with E-state index in [9.17, 15) is 17.6 Å². The second kappa shape index (κ2) is 5.64. The van der Waals surface area contributed by atoms with Crippen LogP contribution in [0.15, 0.2) is 0 Å². The molecule has 0 heterocycles. The third kappa shape index (κ3) is 2.09. The van der Waals surface area contributed by atoms with E-state index < -0.39 is 44.9 Å². The summed E-state index contributed by atoms with van der Waals surface area (Å²) < 4.78 is 54.7. The minimum Gasteiger partial charge on any atom is -0.307 e. The Kier molecular flexibility index (Phi) is 4.20. The first-order chi connectivity index (χ1) is 9.44. The van der Waals surface area contributed by atoms with Crippen molar-refractivity contribution in [2.75, 3.05) is 0 Å². The van der Waals surface area contributed by atoms with Gasteiger partial charge >= 0.3 is 0 Å². The fraction of sp³-hybridized carbons (Fsp3) is 0. The normalized spacial score (nSPS) is 9.05. The van der Waals surface area contributed by atoms with Gasteiger partial charge < -0.3 is 5.41 Å². The van der Waals surface area contributed by atoms with E-state index in [1.807, 2.05) is 0 Å². The Morgan fingerprint density at radius 2 is 1.20 bits per heavy atom. The highest BCUT2D eigenvalue weighted by Gasteiger charge is 2.22. The largest absolute Gasteiger partial charge is 0.307 e. The Morgan fingerprint density at radius 1 is 0.800 bits per heavy atom. The topological polar surface area (TPSA) is 95.2 Å². The summed E-state index contributed by atoms with van der Waals surface area (Å²) in [6.07, 6.45) is 0.221. The summed E-state index contributed by atoms with van der Waals surface area (Å²) in [6.45, 7) is 0. The molecular weight excluding hydrogens is 276 g/mol. The molecule has 0 fully saturated rings. The van der Waals surface area contributed by atoms with Crippen molar-refractivity contribution in [2.24, 2.45) is 0 Å². The molecule has 1 rings (SSSR count). The number of nitrogens with one attached hydrogen (secondary N) is 1. The summed E-state index contributed by atoms with van der Waals surface area (Å²) in [5.74, 6) is -7.87. The summed E-state index contributed by atoms with van der Waals surface area (Å²) in [5, 5.41) is 29.5. The van der Waals surface area contributed by atoms with Crippen LogP contribution in [-0.4, -0.2) is 6.21 Å². The van der Waals surface area contributed by atoms with E-state index in [4.69, 9.17) is 21.2 Å². The highest BCUT2D eigenvalue weighted by Crippen LogP contribution is 2.06. The molecule has 0 saturated carbocycles. The van der Waals surface area contributed by atoms with Gasteiger partial charge in [0.15, 0.2) is 23.3 Å². The second-order valence-electron chi connectivity index (χ2n) is 3.27. The smallest absolute Gasteiger partial charge is 0.171 e. The summed E-state index contributed by atoms with van der Waals surface area (Å²) in [6, 6.07) is 3.42. The first kappa shape index (κ1) is 14.9. The number of benzene rings is 1. The first-order valence-electron chi connectivity index (χ1n) is 4.75. The Labute approximate surface area is 109 Å². The molecule has 0 radical (unpaired) electrons. The van der Waals surface area contributed by atoms with Crippen molar-refractivity contribution in [2.45, 2.75) is 0 Å². The van der Waals surface area contributed by atoms with Gasteiger partial charge in [0.1, 0.15) is 23.8 Å². The van der Waals surface area contributed by atoms with Gasteiger partial charge in [-0.2, -0.15) is 15.8 Å². The van der Waals surface area contributed by atoms with Crippen LogP contribution in [0.2, 0.25) is 0 Å². The first-order valence-corrected chi connectivity index (χ1v) is 4.75. The quantitative estimate of drug-likeness (QED) is 0.466. The summed E-state index contributed by atoms with van der Waals surface area (Å²) in [5.41, 5.74) is -2.10. The van der Waals surface area contributed by atoms with Crippen molar-refractivity contribution in [1.29, 1.82) is 21.2 Å². The lowest BCUT2D eigenvalue weighted by atomic mass is 10.1. The van der Waals surface area contributed by atoms with Crippen LogP contribution in [0.5, 0.6) is 0 Å². The molecule has 0 unspecified atom stereocenters. The van der Waals surface area contributed by atoms with Crippen molar-refractivity contribution in [3.8, 4) is 18.2 Å². The van der Waals surface area contributed by atoms with Crippen LogP contribution in [0.25, 0.3) is 11.1 Å². The van der Waals surface area contributed by atoms with E-state index in [1.54, 1.807) is 0 Å². The van der Waals surface area contributed by atoms with E-state index >= 15 is 0 Å². The molecule has 98 valence electrons. The van der Waals surface area contributed by atoms with Crippen molar-refractivity contribution < 1.29 is 17.6 Å². The molecule has 0 spiro atoms. The second-order valence-corrected chi connectivity index (χ2v) is 3.27. The van der Waals surface area contributed by atoms with Gasteiger partial charge in [0.2, 0.25) is 0 Å². The summed E-state index contributed by atoms with van der Waals surface area (Å²) >= 11 is 0. The van der Waals surface area contributed by atoms with Crippen LogP contribution in [0.3, 0.4) is 0 Å². The Balaban J connectivity index is 4.33. The average molecular weight is 278 g/mol. The fourth-order valence-electron chi connectivity index (χ4n) is 1.38. The molecule has 0 aliphatic rings. The maximum Gasteiger partial charge on any atom is 0.171 e. The number of hydrogen-bond donors (Lipinski definition) is 1. The summed E-state index contributed by atoms with van der Waals surface area (Å²) in [7, 11) is 0. The molecule has 1 aromatic carbocycles. The van der Waals surface area contributed by atoms with Gasteiger partial charge in [-0.3, -0.25) is 0 Å². The molecule has 20 heavy (non-hydrogen) atoms. The SMILES string of the molecule is N#CC(C#N)=c1c(F)c(F)c(=C(C#N)C=N)c(F)c1F. The van der Waals surface area contributed by atoms with E-state index in [1.165, 1.54) is 6.07 Å². The third-order valence-electron chi connectivity index (χ3n) is 2.27. The molecule has 0 saturated heterocycles. The minimum atomic E-state index is -1.98. The van der Waals surface area contributed by atoms with E-state index in [0.717, 1.165) is 12.1 Å². The molecule has 0 aromatic heterocycles. The number of nitriles is 3. The molecule has 8 heteroatoms. The molecule has 0 bridgehead atoms. The molecule has 0 aliphatic carbocycles. The molecule has 1 aromatic rings. The predicted molar refractivity (Wildman–Crippen MR) is 58.0 cm³/mol. The van der Waals surface area contributed by atoms with E-state index in [2.05, 4.69) is 0 Å². The van der Waals surface area contributed by atoms with Crippen LogP contribution in [0.1, 0.15) is 0 Å². The highest BCUT2D eigenvalue weighted by atomic mass is 19.2. The van der Waals surface area contributed by atoms with Gasteiger partial charge in [0, 0.05) is 6.21 Å². The third-order valence-corrected chi connectivity index (χ3v) is 2.27. The lowest BCUT2D eigenvalue weighted by Gasteiger charge is -2.02. The van der Waals surface area contributed by atoms with Crippen LogP contribution < -0.4 is 10.4 Å². The number of nitrogens with zero attached hydrogens (tertiary/aromatic N) is 3. The number of hydrogen-bond acceptors (Lipinski definition) is 4. The van der Waals surface area contributed by atoms with Crippen LogP contribution in [-0.2, 0) is 0 Å². The minimum absolute atomic E-state index is 0.221. The van der Waals surface area contributed by atoms with Crippen molar-refractivity contribution >= 4 is 17.4 Å². The molecule has 0 aliphatic heterocycles. The molecular formula is C12H2F4N4. The van der Waals surface area contributed by atoms with Crippen LogP contribution in [0.4, 0.5) is 17.6 Å². The predicted octanol–water partition coefficient (Wildman–Crippen LogP) is 0.765. The Bertz CT molecular complexity index is 799. The van der Waals surface area contributed by atoms with Crippen molar-refractivity contribution in [3.05, 3.63) is 33.7 Å². The van der Waals surface area contributed by atoms with Crippen molar-refractivity contribution in [1.82, 2.24) is 0 Å². The molecule has 4 nitrogen and oxygen atoms in total. The molecule has 1 N–H and O–H groups in total. The van der Waals surface area contributed by atoms with Gasteiger partial charge in [-0.05, 0) is 0 Å². The van der Waals surface area contributed by atoms with Crippen molar-refractivity contribution in [3.63, 3.8) is 0 Å². The van der Waals surface area contributed by atoms with Crippen LogP contribution in [0, 0.1) is 62.7 Å². The van der Waals surface area contributed by atoms with Gasteiger partial charge in [0.25, 0.3) is 0 Å². The van der Waals surface area contributed by atoms with Gasteiger partial charge in [-0.15, -0.1) is 0 Å². The molecule has 0 amide bonds. The van der Waals surface area contributed by atoms with E-state index in [-0.39, 0.29) is 6.21 Å². The van der Waals surface area contributed by atoms with Gasteiger partial charge in [-0.1, -0.05) is 0 Å². The zero-order valence-corrected chi connectivity index (χ0v) is 9.43. The van der Waals surface area contributed by atoms with Gasteiger partial charge in [-0.25, -0.2) is 17.6 Å². The monoisotopic (exact) mass is 278 g/mol. The standard InChI is InChI=1S/C12H2F4N4/c13-9-7(5(1-17)2-18)10(14)12(16)8(11(9)15)6(3-19)4-20/h1,17H. The van der Waals surface area contributed by atoms with Gasteiger partial charge in [0.05, 0.1) is 16.0 Å². The van der Waals surface area contributed by atoms with Crippen LogP contribution >= 0.6 is 0 Å². The number of rotatable bonds is 1. The Morgan fingerprint density at radius 3 is 1.50 bits per heavy atom. The average Bonchev–Trinajstić information content (AvgIpc) is 2.46. The zero-order chi connectivity index (χ0) is 15.4. The fourth-order valence-corrected chi connectivity index (χ4v) is 1.38. The lowest BCUT2D eigenvalue weighted by molar-refractivity contribution is 0.434. The van der Waals surface area contributed by atoms with E-state index in [0.29, 0.717) is 0 Å². The summed E-state index contributed by atoms with van der Waals surface area (Å²) in [4.78, 5) is 0. The number of halogens is 4. The molecule has 0 atom stereocenters.